The zero-order chi connectivity index (χ0) is 18.6. The molecule has 1 heterocycles. The highest BCUT2D eigenvalue weighted by atomic mass is 32.2. The van der Waals surface area contributed by atoms with E-state index in [4.69, 9.17) is 0 Å². The molecule has 1 saturated heterocycles. The molecule has 2 amide bonds. The summed E-state index contributed by atoms with van der Waals surface area (Å²) in [7, 11) is -1.86. The predicted octanol–water partition coefficient (Wildman–Crippen LogP) is 0.447. The van der Waals surface area contributed by atoms with Crippen molar-refractivity contribution in [2.45, 2.75) is 19.9 Å². The molecule has 0 aliphatic carbocycles. The zero-order valence-corrected chi connectivity index (χ0v) is 15.8. The number of sulfonamides is 1. The van der Waals surface area contributed by atoms with Gasteiger partial charge in [-0.2, -0.15) is 0 Å². The van der Waals surface area contributed by atoms with E-state index < -0.39 is 10.0 Å². The summed E-state index contributed by atoms with van der Waals surface area (Å²) in [5.41, 5.74) is 2.23. The Morgan fingerprint density at radius 1 is 1.20 bits per heavy atom. The number of carbonyl (C=O) groups excluding carboxylic acids is 2. The molecule has 25 heavy (non-hydrogen) atoms. The lowest BCUT2D eigenvalue weighted by atomic mass is 10.1. The van der Waals surface area contributed by atoms with Crippen molar-refractivity contribution < 1.29 is 18.0 Å². The first kappa shape index (κ1) is 19.4. The molecule has 0 unspecified atom stereocenters. The van der Waals surface area contributed by atoms with Gasteiger partial charge < -0.3 is 9.80 Å². The second kappa shape index (κ2) is 7.97. The van der Waals surface area contributed by atoms with Gasteiger partial charge in [-0.1, -0.05) is 29.8 Å². The molecule has 0 aromatic heterocycles. The van der Waals surface area contributed by atoms with Crippen molar-refractivity contribution >= 4 is 21.8 Å². The maximum atomic E-state index is 12.3. The van der Waals surface area contributed by atoms with E-state index in [0.717, 1.165) is 16.1 Å². The Balaban J connectivity index is 1.85. The molecular formula is C17H25N3O4S. The molecule has 0 saturated carbocycles. The van der Waals surface area contributed by atoms with Gasteiger partial charge in [0, 0.05) is 39.6 Å². The van der Waals surface area contributed by atoms with Gasteiger partial charge in [-0.3, -0.25) is 9.59 Å². The van der Waals surface area contributed by atoms with Crippen LogP contribution >= 0.6 is 0 Å². The molecule has 7 nitrogen and oxygen atoms in total. The summed E-state index contributed by atoms with van der Waals surface area (Å²) in [6, 6.07) is 8.03. The first-order valence-electron chi connectivity index (χ1n) is 8.19. The summed E-state index contributed by atoms with van der Waals surface area (Å²) in [5.74, 6) is -0.282. The van der Waals surface area contributed by atoms with Crippen molar-refractivity contribution in [3.8, 4) is 0 Å². The largest absolute Gasteiger partial charge is 0.335 e. The van der Waals surface area contributed by atoms with Gasteiger partial charge in [0.15, 0.2) is 0 Å². The molecule has 0 spiro atoms. The first-order valence-corrected chi connectivity index (χ1v) is 10.0. The molecule has 138 valence electrons. The standard InChI is InChI=1S/C17H25N3O4S/c1-14-4-6-15(7-5-14)12-19-10-11-20(13-17(19)22)16(21)8-9-18(2)25(3,23)24/h4-7H,8-13H2,1-3H3. The number of carbonyl (C=O) groups is 2. The second-order valence-corrected chi connectivity index (χ2v) is 8.54. The lowest BCUT2D eigenvalue weighted by molar-refractivity contribution is -0.145. The molecule has 0 N–H and O–H groups in total. The van der Waals surface area contributed by atoms with E-state index in [1.54, 1.807) is 4.90 Å². The van der Waals surface area contributed by atoms with Crippen LogP contribution in [0.15, 0.2) is 24.3 Å². The SMILES string of the molecule is Cc1ccc(CN2CCN(C(=O)CCN(C)S(C)(=O)=O)CC2=O)cc1. The van der Waals surface area contributed by atoms with E-state index in [1.807, 2.05) is 31.2 Å². The third-order valence-corrected chi connectivity index (χ3v) is 5.69. The van der Waals surface area contributed by atoms with Crippen LogP contribution in [-0.2, 0) is 26.2 Å². The molecule has 0 atom stereocenters. The highest BCUT2D eigenvalue weighted by Crippen LogP contribution is 2.12. The minimum atomic E-state index is -3.30. The van der Waals surface area contributed by atoms with Crippen molar-refractivity contribution in [2.75, 3.05) is 39.5 Å². The number of rotatable bonds is 6. The molecule has 0 bridgehead atoms. The number of hydrogen-bond donors (Lipinski definition) is 0. The third kappa shape index (κ3) is 5.54. The Morgan fingerprint density at radius 2 is 1.84 bits per heavy atom. The highest BCUT2D eigenvalue weighted by molar-refractivity contribution is 7.88. The van der Waals surface area contributed by atoms with Crippen LogP contribution in [-0.4, -0.2) is 73.8 Å². The normalized spacial score (nSPS) is 15.8. The van der Waals surface area contributed by atoms with Crippen LogP contribution in [0.2, 0.25) is 0 Å². The second-order valence-electron chi connectivity index (χ2n) is 6.45. The zero-order valence-electron chi connectivity index (χ0n) is 14.9. The maximum absolute atomic E-state index is 12.3. The molecule has 2 rings (SSSR count). The Bertz CT molecular complexity index is 731. The van der Waals surface area contributed by atoms with Gasteiger partial charge in [-0.15, -0.1) is 0 Å². The van der Waals surface area contributed by atoms with Gasteiger partial charge >= 0.3 is 0 Å². The van der Waals surface area contributed by atoms with Crippen LogP contribution in [0.4, 0.5) is 0 Å². The van der Waals surface area contributed by atoms with Gasteiger partial charge in [-0.05, 0) is 12.5 Å². The summed E-state index contributed by atoms with van der Waals surface area (Å²) in [4.78, 5) is 27.8. The number of aryl methyl sites for hydroxylation is 1. The lowest BCUT2D eigenvalue weighted by Gasteiger charge is -2.34. The molecule has 0 radical (unpaired) electrons. The van der Waals surface area contributed by atoms with E-state index in [0.29, 0.717) is 19.6 Å². The van der Waals surface area contributed by atoms with Crippen LogP contribution in [0.5, 0.6) is 0 Å². The minimum absolute atomic E-state index is 0.0489. The molecule has 1 aromatic rings. The summed E-state index contributed by atoms with van der Waals surface area (Å²) in [6.07, 6.45) is 1.18. The van der Waals surface area contributed by atoms with E-state index in [2.05, 4.69) is 0 Å². The summed E-state index contributed by atoms with van der Waals surface area (Å²) in [5, 5.41) is 0. The quantitative estimate of drug-likeness (QED) is 0.731. The highest BCUT2D eigenvalue weighted by Gasteiger charge is 2.27. The fourth-order valence-electron chi connectivity index (χ4n) is 2.58. The first-order chi connectivity index (χ1) is 11.7. The van der Waals surface area contributed by atoms with Gasteiger partial charge in [0.25, 0.3) is 0 Å². The van der Waals surface area contributed by atoms with Gasteiger partial charge in [-0.25, -0.2) is 12.7 Å². The van der Waals surface area contributed by atoms with Crippen LogP contribution in [0, 0.1) is 6.92 Å². The molecule has 1 aliphatic heterocycles. The van der Waals surface area contributed by atoms with E-state index in [1.165, 1.54) is 17.5 Å². The number of benzene rings is 1. The maximum Gasteiger partial charge on any atom is 0.242 e. The van der Waals surface area contributed by atoms with E-state index in [-0.39, 0.29) is 31.3 Å². The van der Waals surface area contributed by atoms with E-state index in [9.17, 15) is 18.0 Å². The van der Waals surface area contributed by atoms with Crippen molar-refractivity contribution in [1.82, 2.24) is 14.1 Å². The smallest absolute Gasteiger partial charge is 0.242 e. The van der Waals surface area contributed by atoms with Gasteiger partial charge in [0.1, 0.15) is 0 Å². The third-order valence-electron chi connectivity index (χ3n) is 4.37. The Kier molecular flexibility index (Phi) is 6.18. The molecule has 8 heteroatoms. The number of hydrogen-bond acceptors (Lipinski definition) is 4. The number of nitrogens with zero attached hydrogens (tertiary/aromatic N) is 3. The average molecular weight is 367 g/mol. The predicted molar refractivity (Wildman–Crippen MR) is 95.3 cm³/mol. The van der Waals surface area contributed by atoms with Crippen molar-refractivity contribution in [1.29, 1.82) is 0 Å². The van der Waals surface area contributed by atoms with E-state index >= 15 is 0 Å². The average Bonchev–Trinajstić information content (AvgIpc) is 2.55. The molecule has 1 aliphatic rings. The van der Waals surface area contributed by atoms with Crippen molar-refractivity contribution in [3.05, 3.63) is 35.4 Å². The Morgan fingerprint density at radius 3 is 2.40 bits per heavy atom. The lowest BCUT2D eigenvalue weighted by Crippen LogP contribution is -2.52. The monoisotopic (exact) mass is 367 g/mol. The Labute approximate surface area is 149 Å². The number of amides is 2. The fraction of sp³-hybridized carbons (Fsp3) is 0.529. The minimum Gasteiger partial charge on any atom is -0.335 e. The molecular weight excluding hydrogens is 342 g/mol. The fourth-order valence-corrected chi connectivity index (χ4v) is 3.00. The van der Waals surface area contributed by atoms with Gasteiger partial charge in [0.05, 0.1) is 12.8 Å². The van der Waals surface area contributed by atoms with Crippen LogP contribution in [0.25, 0.3) is 0 Å². The Hall–Kier alpha value is -1.93. The van der Waals surface area contributed by atoms with Crippen LogP contribution in [0.3, 0.4) is 0 Å². The summed E-state index contributed by atoms with van der Waals surface area (Å²) in [6.45, 7) is 3.68. The summed E-state index contributed by atoms with van der Waals surface area (Å²) >= 11 is 0. The number of piperazine rings is 1. The van der Waals surface area contributed by atoms with Crippen molar-refractivity contribution in [3.63, 3.8) is 0 Å². The summed E-state index contributed by atoms with van der Waals surface area (Å²) < 4.78 is 23.8. The molecule has 1 fully saturated rings. The van der Waals surface area contributed by atoms with Crippen LogP contribution in [0.1, 0.15) is 17.5 Å². The topological polar surface area (TPSA) is 78.0 Å². The van der Waals surface area contributed by atoms with Gasteiger partial charge in [0.2, 0.25) is 21.8 Å². The van der Waals surface area contributed by atoms with Crippen molar-refractivity contribution in [2.24, 2.45) is 0 Å². The van der Waals surface area contributed by atoms with Crippen LogP contribution < -0.4 is 0 Å². The molecule has 1 aromatic carbocycles.